The summed E-state index contributed by atoms with van der Waals surface area (Å²) >= 11 is 0. The van der Waals surface area contributed by atoms with Crippen LogP contribution in [0.25, 0.3) is 16.6 Å². The first-order valence-corrected chi connectivity index (χ1v) is 9.72. The number of methoxy groups -OCH3 is 1. The molecule has 0 saturated heterocycles. The van der Waals surface area contributed by atoms with Crippen LogP contribution in [0.15, 0.2) is 80.9 Å². The number of fused-ring (bicyclic) bond motifs is 1. The summed E-state index contributed by atoms with van der Waals surface area (Å²) in [6.07, 6.45) is 1.52. The molecule has 0 unspecified atom stereocenters. The first-order valence-electron chi connectivity index (χ1n) is 9.72. The van der Waals surface area contributed by atoms with E-state index in [9.17, 15) is 14.4 Å². The summed E-state index contributed by atoms with van der Waals surface area (Å²) in [7, 11) is 1.53. The van der Waals surface area contributed by atoms with Gasteiger partial charge in [0.1, 0.15) is 17.6 Å². The van der Waals surface area contributed by atoms with Crippen molar-refractivity contribution in [2.45, 2.75) is 19.5 Å². The number of benzene rings is 2. The number of ether oxygens (including phenoxy) is 1. The minimum Gasteiger partial charge on any atom is -0.497 e. The van der Waals surface area contributed by atoms with Gasteiger partial charge < -0.3 is 14.5 Å². The molecule has 0 bridgehead atoms. The third-order valence-electron chi connectivity index (χ3n) is 5.11. The highest BCUT2D eigenvalue weighted by atomic mass is 16.5. The highest BCUT2D eigenvalue weighted by Gasteiger charge is 2.22. The summed E-state index contributed by atoms with van der Waals surface area (Å²) in [6, 6.07) is 15.9. The first kappa shape index (κ1) is 20.2. The van der Waals surface area contributed by atoms with Crippen LogP contribution in [0.5, 0.6) is 5.75 Å². The minimum absolute atomic E-state index is 0.195. The van der Waals surface area contributed by atoms with Gasteiger partial charge in [-0.2, -0.15) is 0 Å². The summed E-state index contributed by atoms with van der Waals surface area (Å²) in [5, 5.41) is 3.10. The number of hydrogen-bond acceptors (Lipinski definition) is 5. The van der Waals surface area contributed by atoms with Crippen molar-refractivity contribution in [1.29, 1.82) is 0 Å². The number of amides is 1. The fourth-order valence-electron chi connectivity index (χ4n) is 3.47. The van der Waals surface area contributed by atoms with Crippen LogP contribution in [-0.2, 0) is 11.3 Å². The van der Waals surface area contributed by atoms with Crippen molar-refractivity contribution in [2.75, 3.05) is 7.11 Å². The molecule has 158 valence electrons. The Kier molecular flexibility index (Phi) is 5.44. The highest BCUT2D eigenvalue weighted by Crippen LogP contribution is 2.17. The molecule has 2 aromatic heterocycles. The number of nitrogens with zero attached hydrogens (tertiary/aromatic N) is 2. The lowest BCUT2D eigenvalue weighted by atomic mass is 10.2. The van der Waals surface area contributed by atoms with Crippen LogP contribution in [0.4, 0.5) is 0 Å². The molecule has 4 aromatic rings. The Morgan fingerprint density at radius 1 is 1.06 bits per heavy atom. The van der Waals surface area contributed by atoms with Crippen molar-refractivity contribution in [2.24, 2.45) is 0 Å². The molecule has 0 aliphatic rings. The molecule has 1 N–H and O–H groups in total. The zero-order chi connectivity index (χ0) is 22.0. The summed E-state index contributed by atoms with van der Waals surface area (Å²) in [4.78, 5) is 39.4. The van der Waals surface area contributed by atoms with Gasteiger partial charge in [-0.1, -0.05) is 12.1 Å². The molecule has 2 heterocycles. The summed E-state index contributed by atoms with van der Waals surface area (Å²) in [5.74, 6) is 0.827. The Hall–Kier alpha value is -4.07. The molecule has 31 heavy (non-hydrogen) atoms. The molecule has 1 atom stereocenters. The van der Waals surface area contributed by atoms with E-state index >= 15 is 0 Å². The zero-order valence-electron chi connectivity index (χ0n) is 17.1. The van der Waals surface area contributed by atoms with E-state index in [0.717, 1.165) is 4.57 Å². The molecule has 0 saturated carbocycles. The van der Waals surface area contributed by atoms with Gasteiger partial charge in [0.05, 0.1) is 36.5 Å². The summed E-state index contributed by atoms with van der Waals surface area (Å²) in [5.41, 5.74) is -0.277. The van der Waals surface area contributed by atoms with Crippen molar-refractivity contribution in [3.8, 4) is 11.4 Å². The molecule has 0 radical (unpaired) electrons. The monoisotopic (exact) mass is 419 g/mol. The molecule has 0 aliphatic heterocycles. The number of nitrogens with one attached hydrogen (secondary N) is 1. The lowest BCUT2D eigenvalue weighted by Crippen LogP contribution is -2.43. The Bertz CT molecular complexity index is 1330. The smallest absolute Gasteiger partial charge is 0.336 e. The molecule has 4 rings (SSSR count). The molecule has 8 nitrogen and oxygen atoms in total. The number of furan rings is 1. The van der Waals surface area contributed by atoms with Crippen LogP contribution in [0.3, 0.4) is 0 Å². The van der Waals surface area contributed by atoms with Gasteiger partial charge in [-0.3, -0.25) is 14.2 Å². The zero-order valence-corrected chi connectivity index (χ0v) is 17.1. The van der Waals surface area contributed by atoms with Crippen LogP contribution in [0.2, 0.25) is 0 Å². The maximum atomic E-state index is 13.4. The molecule has 1 amide bonds. The van der Waals surface area contributed by atoms with Gasteiger partial charge in [0.25, 0.3) is 5.56 Å². The van der Waals surface area contributed by atoms with Gasteiger partial charge in [-0.15, -0.1) is 0 Å². The van der Waals surface area contributed by atoms with Crippen molar-refractivity contribution in [1.82, 2.24) is 14.5 Å². The van der Waals surface area contributed by atoms with Crippen molar-refractivity contribution in [3.05, 3.63) is 93.5 Å². The predicted octanol–water partition coefficient (Wildman–Crippen LogP) is 2.63. The van der Waals surface area contributed by atoms with Crippen molar-refractivity contribution < 1.29 is 13.9 Å². The average molecular weight is 419 g/mol. The number of para-hydroxylation sites is 1. The van der Waals surface area contributed by atoms with Crippen molar-refractivity contribution in [3.63, 3.8) is 0 Å². The molecular weight excluding hydrogens is 398 g/mol. The Morgan fingerprint density at radius 3 is 2.48 bits per heavy atom. The Balaban J connectivity index is 1.83. The lowest BCUT2D eigenvalue weighted by molar-refractivity contribution is -0.124. The predicted molar refractivity (Wildman–Crippen MR) is 116 cm³/mol. The van der Waals surface area contributed by atoms with Crippen molar-refractivity contribution >= 4 is 16.8 Å². The fourth-order valence-corrected chi connectivity index (χ4v) is 3.47. The second-order valence-electron chi connectivity index (χ2n) is 6.98. The van der Waals surface area contributed by atoms with E-state index in [1.54, 1.807) is 67.6 Å². The maximum absolute atomic E-state index is 13.4. The van der Waals surface area contributed by atoms with Gasteiger partial charge in [0.2, 0.25) is 5.91 Å². The van der Waals surface area contributed by atoms with E-state index < -0.39 is 17.3 Å². The largest absolute Gasteiger partial charge is 0.497 e. The molecule has 8 heteroatoms. The number of aromatic nitrogens is 2. The summed E-state index contributed by atoms with van der Waals surface area (Å²) < 4.78 is 12.8. The van der Waals surface area contributed by atoms with E-state index in [-0.39, 0.29) is 12.5 Å². The van der Waals surface area contributed by atoms with Crippen LogP contribution in [-0.4, -0.2) is 22.2 Å². The van der Waals surface area contributed by atoms with E-state index in [1.165, 1.54) is 17.9 Å². The second kappa shape index (κ2) is 8.35. The van der Waals surface area contributed by atoms with E-state index in [2.05, 4.69) is 5.32 Å². The van der Waals surface area contributed by atoms with E-state index in [4.69, 9.17) is 9.15 Å². The highest BCUT2D eigenvalue weighted by molar-refractivity contribution is 5.84. The van der Waals surface area contributed by atoms with Gasteiger partial charge in [-0.25, -0.2) is 9.36 Å². The van der Waals surface area contributed by atoms with Crippen LogP contribution in [0.1, 0.15) is 18.7 Å². The standard InChI is InChI=1S/C23H21N3O5/c1-15(21(27)24-14-18-6-5-13-31-18)25-20-8-4-3-7-19(20)22(28)26(23(25)29)16-9-11-17(30-2)12-10-16/h3-13,15H,14H2,1-2H3,(H,24,27)/t15-/m0/s1. The average Bonchev–Trinajstić information content (AvgIpc) is 3.31. The number of hydrogen-bond donors (Lipinski definition) is 1. The number of rotatable bonds is 6. The van der Waals surface area contributed by atoms with Gasteiger partial charge in [0.15, 0.2) is 0 Å². The topological polar surface area (TPSA) is 95.5 Å². The summed E-state index contributed by atoms with van der Waals surface area (Å²) in [6.45, 7) is 1.81. The fraction of sp³-hybridized carbons (Fsp3) is 0.174. The van der Waals surface area contributed by atoms with E-state index in [1.807, 2.05) is 0 Å². The third kappa shape index (κ3) is 3.75. The van der Waals surface area contributed by atoms with Gasteiger partial charge >= 0.3 is 5.69 Å². The molecule has 0 fully saturated rings. The normalized spacial score (nSPS) is 11.9. The molecule has 2 aromatic carbocycles. The van der Waals surface area contributed by atoms with Crippen LogP contribution >= 0.6 is 0 Å². The molecular formula is C23H21N3O5. The Morgan fingerprint density at radius 2 is 1.81 bits per heavy atom. The van der Waals surface area contributed by atoms with Crippen LogP contribution < -0.4 is 21.3 Å². The lowest BCUT2D eigenvalue weighted by Gasteiger charge is -2.19. The molecule has 0 aliphatic carbocycles. The Labute approximate surface area is 177 Å². The second-order valence-corrected chi connectivity index (χ2v) is 6.98. The van der Waals surface area contributed by atoms with E-state index in [0.29, 0.717) is 28.1 Å². The van der Waals surface area contributed by atoms with Gasteiger partial charge in [-0.05, 0) is 55.5 Å². The SMILES string of the molecule is COc1ccc(-n2c(=O)c3ccccc3n([C@@H](C)C(=O)NCc3ccco3)c2=O)cc1. The van der Waals surface area contributed by atoms with Gasteiger partial charge in [0, 0.05) is 0 Å². The molecule has 0 spiro atoms. The third-order valence-corrected chi connectivity index (χ3v) is 5.11. The first-order chi connectivity index (χ1) is 15.0. The quantitative estimate of drug-likeness (QED) is 0.518. The maximum Gasteiger partial charge on any atom is 0.336 e. The number of carbonyl (C=O) groups excluding carboxylic acids is 1. The minimum atomic E-state index is -0.863. The number of carbonyl (C=O) groups is 1. The van der Waals surface area contributed by atoms with Crippen LogP contribution in [0, 0.1) is 0 Å².